The molecule has 0 saturated carbocycles. The molecular formula is C16H16F2N2O. The van der Waals surface area contributed by atoms with E-state index < -0.39 is 17.5 Å². The van der Waals surface area contributed by atoms with Gasteiger partial charge in [0.25, 0.3) is 5.91 Å². The maximum Gasteiger partial charge on any atom is 0.254 e. The van der Waals surface area contributed by atoms with Crippen LogP contribution in [0.2, 0.25) is 0 Å². The summed E-state index contributed by atoms with van der Waals surface area (Å²) in [7, 11) is 0. The first-order valence-corrected chi connectivity index (χ1v) is 6.61. The number of nitrogens with two attached hydrogens (primary N) is 1. The van der Waals surface area contributed by atoms with Gasteiger partial charge in [0.15, 0.2) is 0 Å². The smallest absolute Gasteiger partial charge is 0.254 e. The standard InChI is InChI=1S/C16H16F2N2O/c17-12-6-7-13(14(18)10-12)16(21)20-9-8-15(19)11-4-2-1-3-5-11/h1-7,10,15H,8-9,19H2,(H,20,21). The van der Waals surface area contributed by atoms with Crippen LogP contribution in [0.5, 0.6) is 0 Å². The van der Waals surface area contributed by atoms with Crippen molar-refractivity contribution in [1.82, 2.24) is 5.32 Å². The molecule has 1 amide bonds. The predicted octanol–water partition coefficient (Wildman–Crippen LogP) is 2.78. The van der Waals surface area contributed by atoms with Crippen LogP contribution in [0.1, 0.15) is 28.4 Å². The van der Waals surface area contributed by atoms with E-state index in [2.05, 4.69) is 5.32 Å². The summed E-state index contributed by atoms with van der Waals surface area (Å²) in [4.78, 5) is 11.8. The molecule has 0 spiro atoms. The Morgan fingerprint density at radius 2 is 1.86 bits per heavy atom. The first kappa shape index (κ1) is 15.1. The van der Waals surface area contributed by atoms with Crippen molar-refractivity contribution in [3.8, 4) is 0 Å². The summed E-state index contributed by atoms with van der Waals surface area (Å²) in [6, 6.07) is 12.1. The maximum absolute atomic E-state index is 13.4. The number of amides is 1. The van der Waals surface area contributed by atoms with Gasteiger partial charge in [0.1, 0.15) is 11.6 Å². The Bertz CT molecular complexity index is 617. The zero-order valence-corrected chi connectivity index (χ0v) is 11.4. The molecule has 1 atom stereocenters. The average Bonchev–Trinajstić information content (AvgIpc) is 2.47. The number of nitrogens with one attached hydrogen (secondary N) is 1. The molecule has 0 aliphatic carbocycles. The van der Waals surface area contributed by atoms with Crippen molar-refractivity contribution in [2.45, 2.75) is 12.5 Å². The van der Waals surface area contributed by atoms with E-state index in [9.17, 15) is 13.6 Å². The quantitative estimate of drug-likeness (QED) is 0.889. The van der Waals surface area contributed by atoms with Gasteiger partial charge in [0, 0.05) is 18.7 Å². The van der Waals surface area contributed by atoms with E-state index in [0.717, 1.165) is 17.7 Å². The second-order valence-electron chi connectivity index (χ2n) is 4.69. The van der Waals surface area contributed by atoms with Crippen LogP contribution in [0, 0.1) is 11.6 Å². The number of carbonyl (C=O) groups excluding carboxylic acids is 1. The van der Waals surface area contributed by atoms with Gasteiger partial charge < -0.3 is 11.1 Å². The highest BCUT2D eigenvalue weighted by molar-refractivity contribution is 5.94. The van der Waals surface area contributed by atoms with Crippen molar-refractivity contribution in [3.63, 3.8) is 0 Å². The van der Waals surface area contributed by atoms with Crippen molar-refractivity contribution in [1.29, 1.82) is 0 Å². The van der Waals surface area contributed by atoms with E-state index >= 15 is 0 Å². The summed E-state index contributed by atoms with van der Waals surface area (Å²) in [5.41, 5.74) is 6.79. The predicted molar refractivity (Wildman–Crippen MR) is 76.7 cm³/mol. The van der Waals surface area contributed by atoms with Gasteiger partial charge in [0.2, 0.25) is 0 Å². The van der Waals surface area contributed by atoms with Crippen LogP contribution in [0.25, 0.3) is 0 Å². The minimum Gasteiger partial charge on any atom is -0.352 e. The number of benzene rings is 2. The molecule has 0 bridgehead atoms. The van der Waals surface area contributed by atoms with Crippen LogP contribution in [0.3, 0.4) is 0 Å². The van der Waals surface area contributed by atoms with Crippen molar-refractivity contribution in [2.24, 2.45) is 5.73 Å². The van der Waals surface area contributed by atoms with Crippen molar-refractivity contribution < 1.29 is 13.6 Å². The Balaban J connectivity index is 1.87. The topological polar surface area (TPSA) is 55.1 Å². The van der Waals surface area contributed by atoms with Gasteiger partial charge >= 0.3 is 0 Å². The second kappa shape index (κ2) is 6.95. The molecule has 21 heavy (non-hydrogen) atoms. The zero-order valence-electron chi connectivity index (χ0n) is 11.4. The van der Waals surface area contributed by atoms with Crippen molar-refractivity contribution >= 4 is 5.91 Å². The van der Waals surface area contributed by atoms with Gasteiger partial charge in [-0.25, -0.2) is 8.78 Å². The third-order valence-electron chi connectivity index (χ3n) is 3.14. The molecule has 5 heteroatoms. The molecule has 0 aromatic heterocycles. The summed E-state index contributed by atoms with van der Waals surface area (Å²) in [5.74, 6) is -2.16. The lowest BCUT2D eigenvalue weighted by Crippen LogP contribution is -2.28. The molecule has 0 heterocycles. The number of carbonyl (C=O) groups is 1. The van der Waals surface area contributed by atoms with Gasteiger partial charge in [-0.15, -0.1) is 0 Å². The van der Waals surface area contributed by atoms with E-state index in [-0.39, 0.29) is 11.6 Å². The first-order valence-electron chi connectivity index (χ1n) is 6.61. The molecule has 0 aliphatic rings. The lowest BCUT2D eigenvalue weighted by molar-refractivity contribution is 0.0948. The van der Waals surface area contributed by atoms with Crippen LogP contribution in [0.15, 0.2) is 48.5 Å². The third kappa shape index (κ3) is 4.10. The highest BCUT2D eigenvalue weighted by atomic mass is 19.1. The van der Waals surface area contributed by atoms with E-state index in [1.807, 2.05) is 30.3 Å². The summed E-state index contributed by atoms with van der Waals surface area (Å²) in [5, 5.41) is 2.58. The highest BCUT2D eigenvalue weighted by Gasteiger charge is 2.12. The average molecular weight is 290 g/mol. The molecule has 3 N–H and O–H groups in total. The Hall–Kier alpha value is -2.27. The molecule has 3 nitrogen and oxygen atoms in total. The molecule has 0 radical (unpaired) electrons. The van der Waals surface area contributed by atoms with E-state index in [4.69, 9.17) is 5.73 Å². The largest absolute Gasteiger partial charge is 0.352 e. The minimum absolute atomic E-state index is 0.176. The number of halogens is 2. The fraction of sp³-hybridized carbons (Fsp3) is 0.188. The third-order valence-corrected chi connectivity index (χ3v) is 3.14. The van der Waals surface area contributed by atoms with E-state index in [1.165, 1.54) is 0 Å². The van der Waals surface area contributed by atoms with Crippen LogP contribution >= 0.6 is 0 Å². The molecule has 110 valence electrons. The van der Waals surface area contributed by atoms with Crippen LogP contribution < -0.4 is 11.1 Å². The Morgan fingerprint density at radius 3 is 2.52 bits per heavy atom. The first-order chi connectivity index (χ1) is 10.1. The Kier molecular flexibility index (Phi) is 5.00. The number of hydrogen-bond acceptors (Lipinski definition) is 2. The van der Waals surface area contributed by atoms with E-state index in [1.54, 1.807) is 0 Å². The monoisotopic (exact) mass is 290 g/mol. The van der Waals surface area contributed by atoms with Gasteiger partial charge in [0.05, 0.1) is 5.56 Å². The number of hydrogen-bond donors (Lipinski definition) is 2. The summed E-state index contributed by atoms with van der Waals surface area (Å²) >= 11 is 0. The second-order valence-corrected chi connectivity index (χ2v) is 4.69. The van der Waals surface area contributed by atoms with Gasteiger partial charge in [-0.1, -0.05) is 30.3 Å². The fourth-order valence-electron chi connectivity index (χ4n) is 1.98. The lowest BCUT2D eigenvalue weighted by Gasteiger charge is -2.12. The minimum atomic E-state index is -0.875. The zero-order chi connectivity index (χ0) is 15.2. The van der Waals surface area contributed by atoms with Crippen LogP contribution in [0.4, 0.5) is 8.78 Å². The summed E-state index contributed by atoms with van der Waals surface area (Å²) < 4.78 is 26.2. The normalized spacial score (nSPS) is 12.0. The van der Waals surface area contributed by atoms with Crippen LogP contribution in [-0.2, 0) is 0 Å². The Morgan fingerprint density at radius 1 is 1.14 bits per heavy atom. The van der Waals surface area contributed by atoms with Gasteiger partial charge in [-0.3, -0.25) is 4.79 Å². The fourth-order valence-corrected chi connectivity index (χ4v) is 1.98. The molecule has 2 aromatic carbocycles. The summed E-state index contributed by atoms with van der Waals surface area (Å²) in [6.45, 7) is 0.311. The highest BCUT2D eigenvalue weighted by Crippen LogP contribution is 2.13. The molecule has 0 saturated heterocycles. The van der Waals surface area contributed by atoms with Gasteiger partial charge in [-0.2, -0.15) is 0 Å². The summed E-state index contributed by atoms with van der Waals surface area (Å²) in [6.07, 6.45) is 0.526. The molecule has 2 aromatic rings. The van der Waals surface area contributed by atoms with Gasteiger partial charge in [-0.05, 0) is 24.1 Å². The molecule has 1 unspecified atom stereocenters. The molecule has 0 aliphatic heterocycles. The van der Waals surface area contributed by atoms with Crippen LogP contribution in [-0.4, -0.2) is 12.5 Å². The number of rotatable bonds is 5. The molecule has 2 rings (SSSR count). The Labute approximate surface area is 121 Å². The van der Waals surface area contributed by atoms with E-state index in [0.29, 0.717) is 19.0 Å². The SMILES string of the molecule is NC(CCNC(=O)c1ccc(F)cc1F)c1ccccc1. The lowest BCUT2D eigenvalue weighted by atomic mass is 10.0. The van der Waals surface area contributed by atoms with Crippen molar-refractivity contribution in [2.75, 3.05) is 6.54 Å². The van der Waals surface area contributed by atoms with Crippen molar-refractivity contribution in [3.05, 3.63) is 71.3 Å². The molecule has 0 fully saturated rings. The maximum atomic E-state index is 13.4. The molecular weight excluding hydrogens is 274 g/mol.